The zero-order valence-electron chi connectivity index (χ0n) is 8.96. The molecule has 1 aliphatic heterocycles. The van der Waals surface area contributed by atoms with Crippen molar-refractivity contribution in [1.29, 1.82) is 0 Å². The highest BCUT2D eigenvalue weighted by Gasteiger charge is 2.48. The first-order chi connectivity index (χ1) is 8.70. The lowest BCUT2D eigenvalue weighted by Gasteiger charge is -2.27. The van der Waals surface area contributed by atoms with Gasteiger partial charge in [-0.2, -0.15) is 13.2 Å². The summed E-state index contributed by atoms with van der Waals surface area (Å²) in [6.45, 7) is 0. The molecule has 1 unspecified atom stereocenters. The zero-order valence-corrected chi connectivity index (χ0v) is 8.96. The highest BCUT2D eigenvalue weighted by Crippen LogP contribution is 2.38. The fourth-order valence-corrected chi connectivity index (χ4v) is 1.65. The predicted octanol–water partition coefficient (Wildman–Crippen LogP) is 2.76. The van der Waals surface area contributed by atoms with Crippen LogP contribution in [0.3, 0.4) is 0 Å². The van der Waals surface area contributed by atoms with Crippen LogP contribution >= 0.6 is 0 Å². The lowest BCUT2D eigenvalue weighted by atomic mass is 10.0. The quantitative estimate of drug-likeness (QED) is 0.804. The molecule has 1 aromatic carbocycles. The minimum absolute atomic E-state index is 0.353. The van der Waals surface area contributed by atoms with Gasteiger partial charge in [-0.05, 0) is 12.1 Å². The molecule has 0 saturated heterocycles. The maximum Gasteiger partial charge on any atom is 0.430 e. The molecule has 0 amide bonds. The number of alkyl halides is 3. The number of ether oxygens (including phenoxy) is 1. The predicted molar refractivity (Wildman–Crippen MR) is 52.4 cm³/mol. The highest BCUT2D eigenvalue weighted by molar-refractivity contribution is 5.95. The normalized spacial score (nSPS) is 18.4. The van der Waals surface area contributed by atoms with Crippen LogP contribution in [-0.4, -0.2) is 23.4 Å². The molecule has 1 aliphatic rings. The first-order valence-corrected chi connectivity index (χ1v) is 4.87. The minimum atomic E-state index is -5.03. The molecule has 1 aromatic rings. The molecule has 0 bridgehead atoms. The number of carboxylic acids is 1. The fourth-order valence-electron chi connectivity index (χ4n) is 1.65. The van der Waals surface area contributed by atoms with Gasteiger partial charge in [0.05, 0.1) is 5.57 Å². The van der Waals surface area contributed by atoms with Crippen molar-refractivity contribution in [3.63, 3.8) is 0 Å². The van der Waals surface area contributed by atoms with Crippen molar-refractivity contribution in [2.24, 2.45) is 0 Å². The Kier molecular flexibility index (Phi) is 2.95. The molecule has 0 fully saturated rings. The van der Waals surface area contributed by atoms with Gasteiger partial charge in [-0.25, -0.2) is 13.6 Å². The molecule has 0 aromatic heterocycles. The molecule has 0 aliphatic carbocycles. The Morgan fingerprint density at radius 3 is 2.42 bits per heavy atom. The third-order valence-electron chi connectivity index (χ3n) is 2.41. The second-order valence-corrected chi connectivity index (χ2v) is 3.75. The van der Waals surface area contributed by atoms with E-state index in [2.05, 4.69) is 4.74 Å². The Morgan fingerprint density at radius 1 is 1.26 bits per heavy atom. The fraction of sp³-hybridized carbons (Fsp3) is 0.182. The molecule has 3 nitrogen and oxygen atoms in total. The van der Waals surface area contributed by atoms with Crippen LogP contribution in [0.2, 0.25) is 0 Å². The molecule has 102 valence electrons. The standard InChI is InChI=1S/C11H5F5O3/c12-5-1-4-2-6(10(17)18)9(11(14,15)16)19-8(4)7(13)3-5/h1-3,9H,(H,17,18). The van der Waals surface area contributed by atoms with Gasteiger partial charge in [-0.1, -0.05) is 0 Å². The molecule has 0 spiro atoms. The van der Waals surface area contributed by atoms with Crippen molar-refractivity contribution in [2.45, 2.75) is 12.3 Å². The second kappa shape index (κ2) is 4.22. The van der Waals surface area contributed by atoms with Crippen LogP contribution in [0.5, 0.6) is 5.75 Å². The van der Waals surface area contributed by atoms with E-state index in [0.717, 1.165) is 0 Å². The van der Waals surface area contributed by atoms with E-state index >= 15 is 0 Å². The smallest absolute Gasteiger partial charge is 0.430 e. The Hall–Kier alpha value is -2.12. The van der Waals surface area contributed by atoms with Crippen molar-refractivity contribution in [3.05, 3.63) is 34.9 Å². The van der Waals surface area contributed by atoms with Gasteiger partial charge in [-0.3, -0.25) is 0 Å². The maximum absolute atomic E-state index is 13.3. The number of carboxylic acid groups (broad SMARTS) is 1. The van der Waals surface area contributed by atoms with Crippen LogP contribution in [0, 0.1) is 11.6 Å². The van der Waals surface area contributed by atoms with Crippen LogP contribution in [0.15, 0.2) is 17.7 Å². The van der Waals surface area contributed by atoms with Gasteiger partial charge in [0, 0.05) is 11.6 Å². The Labute approximate surface area is 102 Å². The van der Waals surface area contributed by atoms with Gasteiger partial charge in [0.15, 0.2) is 11.6 Å². The molecule has 1 atom stereocenters. The van der Waals surface area contributed by atoms with Gasteiger partial charge in [-0.15, -0.1) is 0 Å². The van der Waals surface area contributed by atoms with E-state index in [-0.39, 0.29) is 0 Å². The van der Waals surface area contributed by atoms with E-state index in [0.29, 0.717) is 18.2 Å². The van der Waals surface area contributed by atoms with E-state index in [1.807, 2.05) is 0 Å². The number of hydrogen-bond donors (Lipinski definition) is 1. The third kappa shape index (κ3) is 2.38. The number of fused-ring (bicyclic) bond motifs is 1. The highest BCUT2D eigenvalue weighted by atomic mass is 19.4. The van der Waals surface area contributed by atoms with Crippen molar-refractivity contribution in [2.75, 3.05) is 0 Å². The first kappa shape index (κ1) is 13.3. The van der Waals surface area contributed by atoms with Crippen molar-refractivity contribution in [1.82, 2.24) is 0 Å². The number of hydrogen-bond acceptors (Lipinski definition) is 2. The summed E-state index contributed by atoms with van der Waals surface area (Å²) in [7, 11) is 0. The summed E-state index contributed by atoms with van der Waals surface area (Å²) in [5.41, 5.74) is -1.53. The molecule has 8 heteroatoms. The number of halogens is 5. The molecule has 2 rings (SSSR count). The van der Waals surface area contributed by atoms with E-state index < -0.39 is 46.8 Å². The molecular formula is C11H5F5O3. The van der Waals surface area contributed by atoms with Crippen molar-refractivity contribution >= 4 is 12.0 Å². The molecule has 0 saturated carbocycles. The summed E-state index contributed by atoms with van der Waals surface area (Å²) in [4.78, 5) is 10.8. The first-order valence-electron chi connectivity index (χ1n) is 4.87. The Balaban J connectivity index is 2.61. The largest absolute Gasteiger partial charge is 0.478 e. The van der Waals surface area contributed by atoms with Crippen LogP contribution in [0.25, 0.3) is 6.08 Å². The van der Waals surface area contributed by atoms with E-state index in [1.165, 1.54) is 0 Å². The van der Waals surface area contributed by atoms with Crippen molar-refractivity contribution in [3.8, 4) is 5.75 Å². The number of aliphatic carboxylic acids is 1. The molecule has 0 radical (unpaired) electrons. The summed E-state index contributed by atoms with van der Waals surface area (Å²) >= 11 is 0. The number of carbonyl (C=O) groups is 1. The van der Waals surface area contributed by atoms with Crippen LogP contribution in [0.4, 0.5) is 22.0 Å². The second-order valence-electron chi connectivity index (χ2n) is 3.75. The molecule has 1 N–H and O–H groups in total. The average molecular weight is 280 g/mol. The molecular weight excluding hydrogens is 275 g/mol. The lowest BCUT2D eigenvalue weighted by Crippen LogP contribution is -2.40. The van der Waals surface area contributed by atoms with Gasteiger partial charge >= 0.3 is 12.1 Å². The summed E-state index contributed by atoms with van der Waals surface area (Å²) in [6, 6.07) is 1.04. The Morgan fingerprint density at radius 2 is 1.89 bits per heavy atom. The molecule has 19 heavy (non-hydrogen) atoms. The van der Waals surface area contributed by atoms with Gasteiger partial charge in [0.1, 0.15) is 5.82 Å². The van der Waals surface area contributed by atoms with Crippen LogP contribution in [0.1, 0.15) is 5.56 Å². The maximum atomic E-state index is 13.3. The monoisotopic (exact) mass is 280 g/mol. The van der Waals surface area contributed by atoms with Crippen molar-refractivity contribution < 1.29 is 36.6 Å². The third-order valence-corrected chi connectivity index (χ3v) is 2.41. The van der Waals surface area contributed by atoms with E-state index in [9.17, 15) is 26.7 Å². The number of rotatable bonds is 1. The zero-order chi connectivity index (χ0) is 14.4. The SMILES string of the molecule is O=C(O)C1=Cc2cc(F)cc(F)c2OC1C(F)(F)F. The van der Waals surface area contributed by atoms with Gasteiger partial charge in [0.2, 0.25) is 6.10 Å². The van der Waals surface area contributed by atoms with Crippen LogP contribution < -0.4 is 4.74 Å². The average Bonchev–Trinajstić information content (AvgIpc) is 2.25. The summed E-state index contributed by atoms with van der Waals surface area (Å²) < 4.78 is 68.5. The number of benzene rings is 1. The van der Waals surface area contributed by atoms with E-state index in [1.54, 1.807) is 0 Å². The summed E-state index contributed by atoms with van der Waals surface area (Å²) in [6.07, 6.45) is -7.27. The summed E-state index contributed by atoms with van der Waals surface area (Å²) in [5.74, 6) is -5.08. The lowest BCUT2D eigenvalue weighted by molar-refractivity contribution is -0.187. The summed E-state index contributed by atoms with van der Waals surface area (Å²) in [5, 5.41) is 8.70. The molecule has 1 heterocycles. The Bertz CT molecular complexity index is 576. The van der Waals surface area contributed by atoms with Gasteiger partial charge < -0.3 is 9.84 Å². The van der Waals surface area contributed by atoms with E-state index in [4.69, 9.17) is 5.11 Å². The van der Waals surface area contributed by atoms with Crippen LogP contribution in [-0.2, 0) is 4.79 Å². The minimum Gasteiger partial charge on any atom is -0.478 e. The topological polar surface area (TPSA) is 46.5 Å². The van der Waals surface area contributed by atoms with Gasteiger partial charge in [0.25, 0.3) is 0 Å².